The predicted octanol–water partition coefficient (Wildman–Crippen LogP) is 3.45. The van der Waals surface area contributed by atoms with Crippen LogP contribution in [0.2, 0.25) is 0 Å². The molecule has 4 rings (SSSR count). The van der Waals surface area contributed by atoms with Crippen molar-refractivity contribution < 1.29 is 9.59 Å². The first-order valence-electron chi connectivity index (χ1n) is 9.19. The van der Waals surface area contributed by atoms with Crippen molar-refractivity contribution >= 4 is 28.3 Å². The molecule has 1 aliphatic carbocycles. The molecule has 0 bridgehead atoms. The van der Waals surface area contributed by atoms with Crippen molar-refractivity contribution in [3.63, 3.8) is 0 Å². The average Bonchev–Trinajstić information content (AvgIpc) is 3.51. The number of amides is 2. The van der Waals surface area contributed by atoms with Gasteiger partial charge in [0.1, 0.15) is 0 Å². The van der Waals surface area contributed by atoms with Gasteiger partial charge < -0.3 is 9.80 Å². The van der Waals surface area contributed by atoms with Gasteiger partial charge in [-0.1, -0.05) is 36.4 Å². The Labute approximate surface area is 148 Å². The smallest absolute Gasteiger partial charge is 0.231 e. The molecule has 1 saturated heterocycles. The third kappa shape index (κ3) is 3.13. The number of rotatable bonds is 3. The van der Waals surface area contributed by atoms with E-state index in [1.54, 1.807) is 4.90 Å². The van der Waals surface area contributed by atoms with Crippen molar-refractivity contribution in [1.29, 1.82) is 0 Å². The van der Waals surface area contributed by atoms with Gasteiger partial charge in [0.05, 0.1) is 11.6 Å². The molecule has 2 aromatic rings. The topological polar surface area (TPSA) is 40.6 Å². The molecule has 0 spiro atoms. The second-order valence-electron chi connectivity index (χ2n) is 7.29. The molecule has 1 atom stereocenters. The second kappa shape index (κ2) is 6.51. The molecule has 4 heteroatoms. The molecule has 0 N–H and O–H groups in total. The van der Waals surface area contributed by atoms with Crippen molar-refractivity contribution in [2.45, 2.75) is 25.7 Å². The lowest BCUT2D eigenvalue weighted by molar-refractivity contribution is -0.136. The monoisotopic (exact) mass is 336 g/mol. The van der Waals surface area contributed by atoms with E-state index in [0.717, 1.165) is 48.7 Å². The highest BCUT2D eigenvalue weighted by atomic mass is 16.2. The van der Waals surface area contributed by atoms with Gasteiger partial charge in [0.15, 0.2) is 0 Å². The van der Waals surface area contributed by atoms with Gasteiger partial charge in [-0.3, -0.25) is 9.59 Å². The SMILES string of the molecule is CN(C(=O)[C@@H]1CCCN(C(=O)C2CC2)C1)c1cccc2ccccc12. The van der Waals surface area contributed by atoms with E-state index < -0.39 is 0 Å². The summed E-state index contributed by atoms with van der Waals surface area (Å²) in [4.78, 5) is 29.1. The minimum Gasteiger partial charge on any atom is -0.342 e. The zero-order chi connectivity index (χ0) is 17.4. The van der Waals surface area contributed by atoms with E-state index in [2.05, 4.69) is 18.2 Å². The fourth-order valence-electron chi connectivity index (χ4n) is 3.86. The molecule has 4 nitrogen and oxygen atoms in total. The molecule has 2 aliphatic rings. The fourth-order valence-corrected chi connectivity index (χ4v) is 3.86. The van der Waals surface area contributed by atoms with Crippen molar-refractivity contribution in [3.8, 4) is 0 Å². The number of nitrogens with zero attached hydrogens (tertiary/aromatic N) is 2. The molecule has 0 aromatic heterocycles. The number of carbonyl (C=O) groups is 2. The van der Waals surface area contributed by atoms with Crippen LogP contribution in [0.4, 0.5) is 5.69 Å². The fraction of sp³-hybridized carbons (Fsp3) is 0.429. The Bertz CT molecular complexity index is 807. The van der Waals surface area contributed by atoms with Crippen molar-refractivity contribution in [2.24, 2.45) is 11.8 Å². The van der Waals surface area contributed by atoms with Gasteiger partial charge in [-0.15, -0.1) is 0 Å². The molecule has 2 amide bonds. The lowest BCUT2D eigenvalue weighted by Gasteiger charge is -2.34. The summed E-state index contributed by atoms with van der Waals surface area (Å²) in [5, 5.41) is 2.22. The molecule has 1 aliphatic heterocycles. The van der Waals surface area contributed by atoms with Crippen LogP contribution in [0.15, 0.2) is 42.5 Å². The molecule has 2 fully saturated rings. The maximum atomic E-state index is 13.1. The molecular formula is C21H24N2O2. The standard InChI is InChI=1S/C21H24N2O2/c1-22(19-10-4-7-15-6-2-3-9-18(15)19)20(24)17-8-5-13-23(14-17)21(25)16-11-12-16/h2-4,6-7,9-10,16-17H,5,8,11-14H2,1H3/t17-/m1/s1. The van der Waals surface area contributed by atoms with E-state index in [-0.39, 0.29) is 23.7 Å². The van der Waals surface area contributed by atoms with E-state index in [4.69, 9.17) is 0 Å². The lowest BCUT2D eigenvalue weighted by Crippen LogP contribution is -2.46. The summed E-state index contributed by atoms with van der Waals surface area (Å²) in [6.07, 6.45) is 3.81. The molecule has 130 valence electrons. The van der Waals surface area contributed by atoms with Crippen LogP contribution >= 0.6 is 0 Å². The van der Waals surface area contributed by atoms with E-state index in [9.17, 15) is 9.59 Å². The minimum absolute atomic E-state index is 0.0968. The number of piperidine rings is 1. The zero-order valence-corrected chi connectivity index (χ0v) is 14.6. The van der Waals surface area contributed by atoms with Gasteiger partial charge >= 0.3 is 0 Å². The van der Waals surface area contributed by atoms with Gasteiger partial charge in [-0.2, -0.15) is 0 Å². The Morgan fingerprint density at radius 2 is 1.76 bits per heavy atom. The Balaban J connectivity index is 1.54. The Kier molecular flexibility index (Phi) is 4.20. The van der Waals surface area contributed by atoms with E-state index in [0.29, 0.717) is 6.54 Å². The number of fused-ring (bicyclic) bond motifs is 1. The molecule has 2 aromatic carbocycles. The van der Waals surface area contributed by atoms with Gasteiger partial charge in [-0.05, 0) is 37.1 Å². The highest BCUT2D eigenvalue weighted by molar-refractivity contribution is 6.04. The molecule has 1 saturated carbocycles. The number of likely N-dealkylation sites (tertiary alicyclic amines) is 1. The molecule has 25 heavy (non-hydrogen) atoms. The van der Waals surface area contributed by atoms with Crippen LogP contribution in [-0.2, 0) is 9.59 Å². The van der Waals surface area contributed by atoms with Crippen LogP contribution < -0.4 is 4.90 Å². The molecule has 0 radical (unpaired) electrons. The predicted molar refractivity (Wildman–Crippen MR) is 99.4 cm³/mol. The summed E-state index contributed by atoms with van der Waals surface area (Å²) in [5.74, 6) is 0.500. The Hall–Kier alpha value is -2.36. The third-order valence-corrected chi connectivity index (χ3v) is 5.47. The van der Waals surface area contributed by atoms with Gasteiger partial charge in [0.25, 0.3) is 0 Å². The van der Waals surface area contributed by atoms with Crippen molar-refractivity contribution in [2.75, 3.05) is 25.0 Å². The van der Waals surface area contributed by atoms with E-state index in [1.165, 1.54) is 0 Å². The van der Waals surface area contributed by atoms with Crippen molar-refractivity contribution in [1.82, 2.24) is 4.90 Å². The molecule has 0 unspecified atom stereocenters. The van der Waals surface area contributed by atoms with Crippen LogP contribution in [0.1, 0.15) is 25.7 Å². The summed E-state index contributed by atoms with van der Waals surface area (Å²) in [6.45, 7) is 1.38. The summed E-state index contributed by atoms with van der Waals surface area (Å²) in [7, 11) is 1.85. The van der Waals surface area contributed by atoms with Crippen LogP contribution in [0.25, 0.3) is 10.8 Å². The van der Waals surface area contributed by atoms with Crippen LogP contribution in [0.5, 0.6) is 0 Å². The number of carbonyl (C=O) groups excluding carboxylic acids is 2. The average molecular weight is 336 g/mol. The van der Waals surface area contributed by atoms with E-state index in [1.807, 2.05) is 36.2 Å². The quantitative estimate of drug-likeness (QED) is 0.861. The highest BCUT2D eigenvalue weighted by Gasteiger charge is 2.37. The number of benzene rings is 2. The summed E-state index contributed by atoms with van der Waals surface area (Å²) >= 11 is 0. The van der Waals surface area contributed by atoms with Gasteiger partial charge in [0.2, 0.25) is 11.8 Å². The van der Waals surface area contributed by atoms with Gasteiger partial charge in [-0.25, -0.2) is 0 Å². The first-order chi connectivity index (χ1) is 12.1. The summed E-state index contributed by atoms with van der Waals surface area (Å²) in [6, 6.07) is 14.2. The number of hydrogen-bond donors (Lipinski definition) is 0. The lowest BCUT2D eigenvalue weighted by atomic mass is 9.95. The maximum Gasteiger partial charge on any atom is 0.231 e. The van der Waals surface area contributed by atoms with Crippen LogP contribution in [-0.4, -0.2) is 36.9 Å². The second-order valence-corrected chi connectivity index (χ2v) is 7.29. The zero-order valence-electron chi connectivity index (χ0n) is 14.6. The normalized spacial score (nSPS) is 20.5. The highest BCUT2D eigenvalue weighted by Crippen LogP contribution is 2.33. The van der Waals surface area contributed by atoms with Gasteiger partial charge in [0, 0.05) is 31.4 Å². The van der Waals surface area contributed by atoms with Crippen LogP contribution in [0, 0.1) is 11.8 Å². The summed E-state index contributed by atoms with van der Waals surface area (Å²) < 4.78 is 0. The van der Waals surface area contributed by atoms with Crippen LogP contribution in [0.3, 0.4) is 0 Å². The van der Waals surface area contributed by atoms with E-state index >= 15 is 0 Å². The molecular weight excluding hydrogens is 312 g/mol. The summed E-state index contributed by atoms with van der Waals surface area (Å²) in [5.41, 5.74) is 0.939. The largest absolute Gasteiger partial charge is 0.342 e. The first-order valence-corrected chi connectivity index (χ1v) is 9.19. The third-order valence-electron chi connectivity index (χ3n) is 5.47. The molecule has 1 heterocycles. The minimum atomic E-state index is -0.0968. The number of anilines is 1. The first kappa shape index (κ1) is 16.1. The van der Waals surface area contributed by atoms with Crippen molar-refractivity contribution in [3.05, 3.63) is 42.5 Å². The number of hydrogen-bond acceptors (Lipinski definition) is 2. The Morgan fingerprint density at radius 1 is 1.00 bits per heavy atom. The Morgan fingerprint density at radius 3 is 2.56 bits per heavy atom. The maximum absolute atomic E-state index is 13.1.